The lowest BCUT2D eigenvalue weighted by atomic mass is 10.2. The van der Waals surface area contributed by atoms with Gasteiger partial charge in [0, 0.05) is 42.9 Å². The number of ether oxygens (including phenoxy) is 2. The maximum absolute atomic E-state index is 13.7. The van der Waals surface area contributed by atoms with Gasteiger partial charge in [-0.15, -0.1) is 0 Å². The molecule has 1 unspecified atom stereocenters. The van der Waals surface area contributed by atoms with Crippen LogP contribution in [0, 0.1) is 13.8 Å². The Morgan fingerprint density at radius 3 is 2.10 bits per heavy atom. The molecule has 40 heavy (non-hydrogen) atoms. The van der Waals surface area contributed by atoms with Crippen LogP contribution in [-0.2, 0) is 23.1 Å². The molecule has 0 spiro atoms. The highest BCUT2D eigenvalue weighted by Gasteiger charge is 2.43. The predicted molar refractivity (Wildman–Crippen MR) is 139 cm³/mol. The van der Waals surface area contributed by atoms with Crippen LogP contribution in [0.4, 0.5) is 0 Å². The number of aryl methyl sites for hydroxylation is 2. The van der Waals surface area contributed by atoms with E-state index in [4.69, 9.17) is 18.5 Å². The first-order valence-corrected chi connectivity index (χ1v) is 14.4. The van der Waals surface area contributed by atoms with Crippen LogP contribution in [-0.4, -0.2) is 73.5 Å². The number of hydrogen-bond acceptors (Lipinski definition) is 11. The average molecular weight is 588 g/mol. The molecule has 7 atom stereocenters. The number of aromatic amines is 2. The van der Waals surface area contributed by atoms with Gasteiger partial charge in [-0.3, -0.25) is 37.7 Å². The summed E-state index contributed by atoms with van der Waals surface area (Å²) >= 11 is 0. The Morgan fingerprint density at radius 2 is 1.55 bits per heavy atom. The van der Waals surface area contributed by atoms with Gasteiger partial charge >= 0.3 is 19.1 Å². The van der Waals surface area contributed by atoms with Crippen molar-refractivity contribution >= 4 is 7.75 Å². The van der Waals surface area contributed by atoms with E-state index in [-0.39, 0.29) is 37.1 Å². The van der Waals surface area contributed by atoms with Gasteiger partial charge < -0.3 is 19.7 Å². The fraction of sp³-hybridized carbons (Fsp3) is 0.652. The fourth-order valence-corrected chi connectivity index (χ4v) is 6.14. The van der Waals surface area contributed by atoms with E-state index in [0.29, 0.717) is 6.42 Å². The van der Waals surface area contributed by atoms with Gasteiger partial charge in [-0.1, -0.05) is 6.92 Å². The maximum atomic E-state index is 13.7. The van der Waals surface area contributed by atoms with E-state index in [1.807, 2.05) is 6.92 Å². The summed E-state index contributed by atoms with van der Waals surface area (Å²) in [4.78, 5) is 52.3. The van der Waals surface area contributed by atoms with Crippen molar-refractivity contribution in [2.45, 2.75) is 76.9 Å². The first-order chi connectivity index (χ1) is 18.9. The highest BCUT2D eigenvalue weighted by molar-refractivity contribution is 7.51. The Kier molecular flexibility index (Phi) is 9.42. The molecule has 0 aromatic carbocycles. The number of H-pyrrole nitrogens is 2. The van der Waals surface area contributed by atoms with Crippen LogP contribution < -0.4 is 27.6 Å². The SMILES string of the molecule is CCCNP(=O)(OC[C@H]1O[C@@H](n2cc(C)c(=O)[nH]c2=O)C[C@@H]1O)O[C@H]1C[C@H](n2cc(C)c(=O)[nH]c2=O)O[C@@H]1CO. The Labute approximate surface area is 227 Å². The molecule has 222 valence electrons. The van der Waals surface area contributed by atoms with Crippen molar-refractivity contribution in [2.24, 2.45) is 0 Å². The molecule has 2 fully saturated rings. The van der Waals surface area contributed by atoms with Crippen LogP contribution in [0.3, 0.4) is 0 Å². The van der Waals surface area contributed by atoms with Gasteiger partial charge in [0.25, 0.3) is 11.1 Å². The largest absolute Gasteiger partial charge is 0.405 e. The lowest BCUT2D eigenvalue weighted by Gasteiger charge is -2.26. The standard InChI is InChI=1S/C23H34N5O11P/c1-4-5-24-40(35,36-11-17-14(30)6-18(38-17)27-8-12(2)20(31)25-22(27)33)39-15-7-19(37-16(15)10-29)28-9-13(3)21(32)26-23(28)34/h8-9,14-19,29-30H,4-7,10-11H2,1-3H3,(H,24,35)(H,25,31,33)(H,26,32,34)/t14-,15-,16+,17+,18+,19+,40?/m0/s1. The summed E-state index contributed by atoms with van der Waals surface area (Å²) in [5.74, 6) is 0. The monoisotopic (exact) mass is 587 g/mol. The van der Waals surface area contributed by atoms with Crippen molar-refractivity contribution in [3.8, 4) is 0 Å². The Hall–Kier alpha value is -2.69. The minimum Gasteiger partial charge on any atom is -0.394 e. The second kappa shape index (κ2) is 12.4. The second-order valence-electron chi connectivity index (χ2n) is 9.78. The molecule has 4 rings (SSSR count). The summed E-state index contributed by atoms with van der Waals surface area (Å²) in [6.07, 6.45) is -2.51. The summed E-state index contributed by atoms with van der Waals surface area (Å²) in [7, 11) is -4.07. The molecule has 4 heterocycles. The van der Waals surface area contributed by atoms with Crippen molar-refractivity contribution in [2.75, 3.05) is 19.8 Å². The van der Waals surface area contributed by atoms with Gasteiger partial charge in [-0.2, -0.15) is 0 Å². The van der Waals surface area contributed by atoms with Crippen LogP contribution in [0.5, 0.6) is 0 Å². The minimum absolute atomic E-state index is 0.0108. The number of nitrogens with one attached hydrogen (secondary N) is 3. The molecule has 2 aromatic heterocycles. The van der Waals surface area contributed by atoms with Crippen molar-refractivity contribution < 1.29 is 33.3 Å². The molecule has 2 aromatic rings. The van der Waals surface area contributed by atoms with Crippen LogP contribution >= 0.6 is 7.75 Å². The summed E-state index contributed by atoms with van der Waals surface area (Å²) in [6, 6.07) is 0. The smallest absolute Gasteiger partial charge is 0.394 e. The zero-order valence-electron chi connectivity index (χ0n) is 22.3. The van der Waals surface area contributed by atoms with Crippen LogP contribution in [0.1, 0.15) is 49.8 Å². The lowest BCUT2D eigenvalue weighted by molar-refractivity contribution is -0.0533. The van der Waals surface area contributed by atoms with Gasteiger partial charge in [0.2, 0.25) is 0 Å². The molecule has 5 N–H and O–H groups in total. The predicted octanol–water partition coefficient (Wildman–Crippen LogP) is -0.859. The molecule has 2 saturated heterocycles. The van der Waals surface area contributed by atoms with Gasteiger partial charge in [-0.05, 0) is 20.3 Å². The molecule has 0 amide bonds. The maximum Gasteiger partial charge on any atom is 0.405 e. The van der Waals surface area contributed by atoms with Gasteiger partial charge in [0.1, 0.15) is 30.8 Å². The first kappa shape index (κ1) is 30.3. The number of aromatic nitrogens is 4. The fourth-order valence-electron chi connectivity index (χ4n) is 4.49. The highest BCUT2D eigenvalue weighted by Crippen LogP contribution is 2.49. The Morgan fingerprint density at radius 1 is 1.00 bits per heavy atom. The topological polar surface area (TPSA) is 216 Å². The Balaban J connectivity index is 1.46. The van der Waals surface area contributed by atoms with Crippen molar-refractivity contribution in [1.82, 2.24) is 24.2 Å². The molecule has 0 radical (unpaired) electrons. The van der Waals surface area contributed by atoms with Gasteiger partial charge in [0.05, 0.1) is 19.3 Å². The van der Waals surface area contributed by atoms with E-state index in [0.717, 1.165) is 9.13 Å². The quantitative estimate of drug-likeness (QED) is 0.203. The van der Waals surface area contributed by atoms with E-state index in [1.165, 1.54) is 26.2 Å². The second-order valence-corrected chi connectivity index (χ2v) is 11.6. The van der Waals surface area contributed by atoms with Crippen molar-refractivity contribution in [1.29, 1.82) is 0 Å². The molecule has 0 aliphatic carbocycles. The molecule has 0 bridgehead atoms. The third kappa shape index (κ3) is 6.61. The van der Waals surface area contributed by atoms with E-state index in [9.17, 15) is 34.0 Å². The third-order valence-electron chi connectivity index (χ3n) is 6.72. The minimum atomic E-state index is -4.07. The van der Waals surface area contributed by atoms with Crippen LogP contribution in [0.2, 0.25) is 0 Å². The van der Waals surface area contributed by atoms with Crippen molar-refractivity contribution in [3.05, 3.63) is 65.2 Å². The number of rotatable bonds is 11. The summed E-state index contributed by atoms with van der Waals surface area (Å²) in [5.41, 5.74) is -1.91. The highest BCUT2D eigenvalue weighted by atomic mass is 31.2. The van der Waals surface area contributed by atoms with Crippen molar-refractivity contribution in [3.63, 3.8) is 0 Å². The molecule has 16 nitrogen and oxygen atoms in total. The number of aliphatic hydroxyl groups is 2. The molecular formula is C23H34N5O11P. The zero-order chi connectivity index (χ0) is 29.2. The average Bonchev–Trinajstić information content (AvgIpc) is 3.48. The Bertz CT molecular complexity index is 1480. The van der Waals surface area contributed by atoms with E-state index < -0.39 is 73.7 Å². The number of hydrogen-bond donors (Lipinski definition) is 5. The first-order valence-electron chi connectivity index (χ1n) is 12.9. The lowest BCUT2D eigenvalue weighted by Crippen LogP contribution is -2.34. The third-order valence-corrected chi connectivity index (χ3v) is 8.36. The van der Waals surface area contributed by atoms with Crippen LogP contribution in [0.15, 0.2) is 31.6 Å². The molecule has 0 saturated carbocycles. The molecular weight excluding hydrogens is 553 g/mol. The number of nitrogens with zero attached hydrogens (tertiary/aromatic N) is 2. The van der Waals surface area contributed by atoms with E-state index in [2.05, 4.69) is 15.1 Å². The van der Waals surface area contributed by atoms with E-state index >= 15 is 0 Å². The van der Waals surface area contributed by atoms with Crippen LogP contribution in [0.25, 0.3) is 0 Å². The summed E-state index contributed by atoms with van der Waals surface area (Å²) in [5, 5.41) is 23.1. The van der Waals surface area contributed by atoms with Gasteiger partial charge in [0.15, 0.2) is 0 Å². The zero-order valence-corrected chi connectivity index (χ0v) is 23.2. The van der Waals surface area contributed by atoms with E-state index in [1.54, 1.807) is 0 Å². The number of aliphatic hydroxyl groups excluding tert-OH is 2. The normalized spacial score (nSPS) is 28.1. The molecule has 2 aliphatic rings. The molecule has 2 aliphatic heterocycles. The summed E-state index contributed by atoms with van der Waals surface area (Å²) < 4.78 is 39.0. The molecule has 17 heteroatoms. The van der Waals surface area contributed by atoms with Gasteiger partial charge in [-0.25, -0.2) is 19.2 Å². The summed E-state index contributed by atoms with van der Waals surface area (Å²) in [6.45, 7) is 4.26.